The fraction of sp³-hybridized carbons (Fsp3) is 0.278. The lowest BCUT2D eigenvalue weighted by molar-refractivity contribution is 0.712. The number of hydrogen-bond acceptors (Lipinski definition) is 4. The number of aromatic amines is 1. The molecule has 23 heavy (non-hydrogen) atoms. The highest BCUT2D eigenvalue weighted by atomic mass is 32.1. The van der Waals surface area contributed by atoms with Gasteiger partial charge < -0.3 is 4.98 Å². The Balaban J connectivity index is 1.73. The van der Waals surface area contributed by atoms with Gasteiger partial charge in [-0.1, -0.05) is 6.42 Å². The lowest BCUT2D eigenvalue weighted by Gasteiger charge is -1.96. The lowest BCUT2D eigenvalue weighted by atomic mass is 10.1. The Morgan fingerprint density at radius 1 is 1.30 bits per heavy atom. The van der Waals surface area contributed by atoms with Gasteiger partial charge >= 0.3 is 0 Å². The molecule has 114 valence electrons. The van der Waals surface area contributed by atoms with Crippen molar-refractivity contribution in [3.8, 4) is 6.07 Å². The molecule has 1 aliphatic carbocycles. The molecule has 1 N–H and O–H groups in total. The predicted molar refractivity (Wildman–Crippen MR) is 93.6 cm³/mol. The summed E-state index contributed by atoms with van der Waals surface area (Å²) < 4.78 is 0. The van der Waals surface area contributed by atoms with Crippen LogP contribution in [0.1, 0.15) is 40.8 Å². The van der Waals surface area contributed by atoms with E-state index in [-0.39, 0.29) is 0 Å². The van der Waals surface area contributed by atoms with Gasteiger partial charge in [-0.15, -0.1) is 11.3 Å². The van der Waals surface area contributed by atoms with Gasteiger partial charge in [0.15, 0.2) is 0 Å². The van der Waals surface area contributed by atoms with Crippen molar-refractivity contribution in [1.29, 1.82) is 5.26 Å². The maximum Gasteiger partial charge on any atom is 0.137 e. The van der Waals surface area contributed by atoms with Gasteiger partial charge in [-0.2, -0.15) is 5.26 Å². The van der Waals surface area contributed by atoms with E-state index in [4.69, 9.17) is 0 Å². The molecule has 0 aromatic carbocycles. The molecular weight excluding hydrogens is 304 g/mol. The second kappa shape index (κ2) is 5.98. The molecule has 0 unspecified atom stereocenters. The van der Waals surface area contributed by atoms with E-state index in [0.717, 1.165) is 40.0 Å². The average Bonchev–Trinajstić information content (AvgIpc) is 3.06. The number of nitrogens with one attached hydrogen (secondary N) is 1. The lowest BCUT2D eigenvalue weighted by Crippen LogP contribution is -1.87. The van der Waals surface area contributed by atoms with Crippen LogP contribution in [0.5, 0.6) is 0 Å². The zero-order chi connectivity index (χ0) is 15.6. The molecule has 0 radical (unpaired) electrons. The first-order valence-electron chi connectivity index (χ1n) is 7.87. The molecule has 0 saturated heterocycles. The number of thiophene rings is 1. The number of aromatic nitrogens is 2. The van der Waals surface area contributed by atoms with Crippen LogP contribution in [0.15, 0.2) is 29.5 Å². The third kappa shape index (κ3) is 2.55. The molecule has 3 heterocycles. The Hall–Kier alpha value is -2.45. The van der Waals surface area contributed by atoms with Gasteiger partial charge in [0.05, 0.1) is 5.56 Å². The molecule has 0 atom stereocenters. The first-order valence-corrected chi connectivity index (χ1v) is 8.69. The number of aryl methyl sites for hydroxylation is 1. The minimum atomic E-state index is 0.779. The van der Waals surface area contributed by atoms with Crippen LogP contribution in [0.4, 0.5) is 5.00 Å². The summed E-state index contributed by atoms with van der Waals surface area (Å²) >= 11 is 1.68. The van der Waals surface area contributed by atoms with Crippen molar-refractivity contribution >= 4 is 33.6 Å². The van der Waals surface area contributed by atoms with Crippen LogP contribution in [0, 0.1) is 11.3 Å². The Bertz CT molecular complexity index is 926. The Kier molecular flexibility index (Phi) is 3.68. The van der Waals surface area contributed by atoms with Crippen LogP contribution in [0.3, 0.4) is 0 Å². The summed E-state index contributed by atoms with van der Waals surface area (Å²) in [5.41, 5.74) is 3.88. The zero-order valence-corrected chi connectivity index (χ0v) is 13.5. The largest absolute Gasteiger partial charge is 0.345 e. The van der Waals surface area contributed by atoms with E-state index in [9.17, 15) is 5.26 Å². The third-order valence-electron chi connectivity index (χ3n) is 4.32. The molecule has 5 heteroatoms. The van der Waals surface area contributed by atoms with E-state index >= 15 is 0 Å². The van der Waals surface area contributed by atoms with E-state index < -0.39 is 0 Å². The maximum absolute atomic E-state index is 9.55. The molecule has 0 saturated carbocycles. The molecule has 0 amide bonds. The highest BCUT2D eigenvalue weighted by Gasteiger charge is 2.19. The predicted octanol–water partition coefficient (Wildman–Crippen LogP) is 4.52. The van der Waals surface area contributed by atoms with Gasteiger partial charge in [0.25, 0.3) is 0 Å². The molecule has 0 spiro atoms. The topological polar surface area (TPSA) is 64.8 Å². The Morgan fingerprint density at radius 2 is 2.22 bits per heavy atom. The van der Waals surface area contributed by atoms with Crippen molar-refractivity contribution in [2.75, 3.05) is 0 Å². The third-order valence-corrected chi connectivity index (χ3v) is 5.52. The summed E-state index contributed by atoms with van der Waals surface area (Å²) in [7, 11) is 0. The number of pyridine rings is 1. The number of fused-ring (bicyclic) bond motifs is 2. The molecule has 1 aliphatic rings. The van der Waals surface area contributed by atoms with Gasteiger partial charge in [-0.3, -0.25) is 0 Å². The first kappa shape index (κ1) is 14.2. The summed E-state index contributed by atoms with van der Waals surface area (Å²) in [6.07, 6.45) is 11.3. The van der Waals surface area contributed by atoms with Crippen molar-refractivity contribution in [3.05, 3.63) is 46.1 Å². The number of aliphatic imine (C=N–C) groups is 1. The van der Waals surface area contributed by atoms with E-state index in [1.165, 1.54) is 29.7 Å². The molecule has 4 nitrogen and oxygen atoms in total. The average molecular weight is 320 g/mol. The molecular formula is C18H16N4S. The van der Waals surface area contributed by atoms with Gasteiger partial charge in [-0.25, -0.2) is 9.98 Å². The van der Waals surface area contributed by atoms with Crippen LogP contribution < -0.4 is 0 Å². The zero-order valence-electron chi connectivity index (χ0n) is 12.7. The number of hydrogen-bond donors (Lipinski definition) is 1. The molecule has 0 aliphatic heterocycles. The fourth-order valence-corrected chi connectivity index (χ4v) is 4.33. The van der Waals surface area contributed by atoms with Crippen LogP contribution >= 0.6 is 11.3 Å². The number of nitrogens with zero attached hydrogens (tertiary/aromatic N) is 3. The summed E-state index contributed by atoms with van der Waals surface area (Å²) in [6, 6.07) is 6.32. The maximum atomic E-state index is 9.55. The Morgan fingerprint density at radius 3 is 3.13 bits per heavy atom. The minimum Gasteiger partial charge on any atom is -0.345 e. The minimum absolute atomic E-state index is 0.779. The van der Waals surface area contributed by atoms with E-state index in [2.05, 4.69) is 21.0 Å². The van der Waals surface area contributed by atoms with Crippen LogP contribution in [0.25, 0.3) is 11.0 Å². The van der Waals surface area contributed by atoms with Crippen LogP contribution in [-0.2, 0) is 12.8 Å². The Labute approximate surface area is 138 Å². The second-order valence-corrected chi connectivity index (χ2v) is 6.84. The molecule has 0 fully saturated rings. The SMILES string of the molecule is N#Cc1c(N=Cc2c[nH]c3ncccc23)sc2c1CCCCC2. The van der Waals surface area contributed by atoms with E-state index in [1.54, 1.807) is 17.5 Å². The quantitative estimate of drug-likeness (QED) is 0.557. The number of nitriles is 1. The summed E-state index contributed by atoms with van der Waals surface area (Å²) in [5.74, 6) is 0. The van der Waals surface area contributed by atoms with Crippen LogP contribution in [0.2, 0.25) is 0 Å². The monoisotopic (exact) mass is 320 g/mol. The summed E-state index contributed by atoms with van der Waals surface area (Å²) in [4.78, 5) is 13.4. The van der Waals surface area contributed by atoms with Crippen molar-refractivity contribution in [2.24, 2.45) is 4.99 Å². The highest BCUT2D eigenvalue weighted by molar-refractivity contribution is 7.16. The first-order chi connectivity index (χ1) is 11.4. The van der Waals surface area contributed by atoms with Crippen molar-refractivity contribution in [2.45, 2.75) is 32.1 Å². The van der Waals surface area contributed by atoms with Gasteiger partial charge in [0, 0.05) is 34.4 Å². The molecule has 4 rings (SSSR count). The molecule has 3 aromatic heterocycles. The van der Waals surface area contributed by atoms with E-state index in [0.29, 0.717) is 0 Å². The second-order valence-electron chi connectivity index (χ2n) is 5.76. The molecule has 0 bridgehead atoms. The van der Waals surface area contributed by atoms with Gasteiger partial charge in [0.2, 0.25) is 0 Å². The van der Waals surface area contributed by atoms with Gasteiger partial charge in [-0.05, 0) is 43.4 Å². The van der Waals surface area contributed by atoms with Crippen molar-refractivity contribution in [1.82, 2.24) is 9.97 Å². The molecule has 3 aromatic rings. The highest BCUT2D eigenvalue weighted by Crippen LogP contribution is 2.38. The summed E-state index contributed by atoms with van der Waals surface area (Å²) in [5, 5.41) is 11.4. The van der Waals surface area contributed by atoms with Crippen LogP contribution in [-0.4, -0.2) is 16.2 Å². The standard InChI is InChI=1S/C18H16N4S/c19-9-15-14-5-2-1-3-7-16(14)23-18(15)22-11-12-10-21-17-13(12)6-4-8-20-17/h4,6,8,10-11H,1-3,5,7H2,(H,20,21). The smallest absolute Gasteiger partial charge is 0.137 e. The normalized spacial score (nSPS) is 14.7. The fourth-order valence-electron chi connectivity index (χ4n) is 3.15. The number of rotatable bonds is 2. The van der Waals surface area contributed by atoms with Crippen molar-refractivity contribution in [3.63, 3.8) is 0 Å². The van der Waals surface area contributed by atoms with Crippen molar-refractivity contribution < 1.29 is 0 Å². The number of H-pyrrole nitrogens is 1. The summed E-state index contributed by atoms with van der Waals surface area (Å²) in [6.45, 7) is 0. The van der Waals surface area contributed by atoms with E-state index in [1.807, 2.05) is 24.5 Å². The van der Waals surface area contributed by atoms with Gasteiger partial charge in [0.1, 0.15) is 16.7 Å².